The monoisotopic (exact) mass is 250 g/mol. The fourth-order valence-electron chi connectivity index (χ4n) is 1.04. The van der Waals surface area contributed by atoms with Crippen molar-refractivity contribution < 1.29 is 23.1 Å². The Labute approximate surface area is 94.0 Å². The summed E-state index contributed by atoms with van der Waals surface area (Å²) in [4.78, 5) is 10.2. The topological polar surface area (TPSA) is 37.3 Å². The SMILES string of the molecule is O=C(O)C=Cc1cc(Cl)cc(C(F)(F)F)c1. The highest BCUT2D eigenvalue weighted by Gasteiger charge is 2.30. The average molecular weight is 251 g/mol. The molecule has 0 aliphatic heterocycles. The van der Waals surface area contributed by atoms with Crippen LogP contribution in [0.25, 0.3) is 6.08 Å². The summed E-state index contributed by atoms with van der Waals surface area (Å²) in [7, 11) is 0. The van der Waals surface area contributed by atoms with Crippen LogP contribution in [-0.2, 0) is 11.0 Å². The van der Waals surface area contributed by atoms with Crippen molar-refractivity contribution in [1.29, 1.82) is 0 Å². The van der Waals surface area contributed by atoms with E-state index in [1.807, 2.05) is 0 Å². The Morgan fingerprint density at radius 1 is 1.31 bits per heavy atom. The summed E-state index contributed by atoms with van der Waals surface area (Å²) >= 11 is 5.49. The molecule has 2 nitrogen and oxygen atoms in total. The highest BCUT2D eigenvalue weighted by atomic mass is 35.5. The molecule has 0 spiro atoms. The lowest BCUT2D eigenvalue weighted by Gasteiger charge is -2.07. The van der Waals surface area contributed by atoms with Gasteiger partial charge in [0.2, 0.25) is 0 Å². The van der Waals surface area contributed by atoms with Gasteiger partial charge in [0.25, 0.3) is 0 Å². The van der Waals surface area contributed by atoms with Crippen LogP contribution in [0.4, 0.5) is 13.2 Å². The Morgan fingerprint density at radius 2 is 1.94 bits per heavy atom. The normalized spacial score (nSPS) is 12.0. The summed E-state index contributed by atoms with van der Waals surface area (Å²) in [5, 5.41) is 8.23. The van der Waals surface area contributed by atoms with Gasteiger partial charge in [0, 0.05) is 11.1 Å². The molecule has 6 heteroatoms. The van der Waals surface area contributed by atoms with Crippen LogP contribution in [0.3, 0.4) is 0 Å². The van der Waals surface area contributed by atoms with Crippen molar-refractivity contribution in [2.45, 2.75) is 6.18 Å². The van der Waals surface area contributed by atoms with Gasteiger partial charge in [-0.25, -0.2) is 4.79 Å². The maximum absolute atomic E-state index is 12.3. The van der Waals surface area contributed by atoms with Crippen molar-refractivity contribution >= 4 is 23.6 Å². The largest absolute Gasteiger partial charge is 0.478 e. The molecule has 0 atom stereocenters. The molecule has 0 bridgehead atoms. The van der Waals surface area contributed by atoms with Gasteiger partial charge in [-0.3, -0.25) is 0 Å². The van der Waals surface area contributed by atoms with E-state index in [0.29, 0.717) is 0 Å². The molecule has 0 saturated heterocycles. The molecule has 1 aromatic carbocycles. The highest BCUT2D eigenvalue weighted by Crippen LogP contribution is 2.32. The quantitative estimate of drug-likeness (QED) is 0.816. The van der Waals surface area contributed by atoms with Gasteiger partial charge in [0.05, 0.1) is 5.56 Å². The molecule has 1 rings (SSSR count). The first-order valence-corrected chi connectivity index (χ1v) is 4.45. The zero-order valence-electron chi connectivity index (χ0n) is 7.75. The lowest BCUT2D eigenvalue weighted by molar-refractivity contribution is -0.137. The van der Waals surface area contributed by atoms with Crippen LogP contribution >= 0.6 is 11.6 Å². The predicted octanol–water partition coefficient (Wildman–Crippen LogP) is 3.46. The maximum Gasteiger partial charge on any atom is 0.416 e. The van der Waals surface area contributed by atoms with Crippen LogP contribution in [0.5, 0.6) is 0 Å². The average Bonchev–Trinajstić information content (AvgIpc) is 2.12. The molecule has 0 aromatic heterocycles. The Bertz CT molecular complexity index is 438. The molecule has 0 amide bonds. The van der Waals surface area contributed by atoms with E-state index in [1.54, 1.807) is 0 Å². The first-order chi connectivity index (χ1) is 7.29. The molecule has 1 N–H and O–H groups in total. The van der Waals surface area contributed by atoms with Crippen LogP contribution in [0, 0.1) is 0 Å². The van der Waals surface area contributed by atoms with E-state index < -0.39 is 17.7 Å². The van der Waals surface area contributed by atoms with E-state index in [0.717, 1.165) is 24.3 Å². The van der Waals surface area contributed by atoms with Gasteiger partial charge in [-0.15, -0.1) is 0 Å². The van der Waals surface area contributed by atoms with Crippen molar-refractivity contribution in [3.63, 3.8) is 0 Å². The van der Waals surface area contributed by atoms with Crippen molar-refractivity contribution in [2.75, 3.05) is 0 Å². The summed E-state index contributed by atoms with van der Waals surface area (Å²) in [6, 6.07) is 2.85. The van der Waals surface area contributed by atoms with Crippen LogP contribution in [-0.4, -0.2) is 11.1 Å². The Hall–Kier alpha value is -1.49. The zero-order valence-corrected chi connectivity index (χ0v) is 8.51. The molecule has 86 valence electrons. The minimum Gasteiger partial charge on any atom is -0.478 e. The molecule has 0 aliphatic carbocycles. The van der Waals surface area contributed by atoms with Crippen molar-refractivity contribution in [2.24, 2.45) is 0 Å². The molecule has 0 saturated carbocycles. The number of hydrogen-bond donors (Lipinski definition) is 1. The fraction of sp³-hybridized carbons (Fsp3) is 0.100. The molecular weight excluding hydrogens is 245 g/mol. The molecule has 0 heterocycles. The van der Waals surface area contributed by atoms with Gasteiger partial charge in [0.15, 0.2) is 0 Å². The molecule has 0 unspecified atom stereocenters. The van der Waals surface area contributed by atoms with Gasteiger partial charge >= 0.3 is 12.1 Å². The minimum atomic E-state index is -4.50. The van der Waals surface area contributed by atoms with Crippen LogP contribution < -0.4 is 0 Å². The standard InChI is InChI=1S/C10H6ClF3O2/c11-8-4-6(1-2-9(15)16)3-7(5-8)10(12,13)14/h1-5H,(H,15,16). The molecule has 0 aliphatic rings. The number of carboxylic acids is 1. The molecule has 16 heavy (non-hydrogen) atoms. The van der Waals surface area contributed by atoms with E-state index in [9.17, 15) is 18.0 Å². The summed E-state index contributed by atoms with van der Waals surface area (Å²) < 4.78 is 37.0. The number of benzene rings is 1. The smallest absolute Gasteiger partial charge is 0.416 e. The zero-order chi connectivity index (χ0) is 12.3. The second-order valence-corrected chi connectivity index (χ2v) is 3.38. The first-order valence-electron chi connectivity index (χ1n) is 4.08. The Morgan fingerprint density at radius 3 is 2.44 bits per heavy atom. The highest BCUT2D eigenvalue weighted by molar-refractivity contribution is 6.30. The number of carboxylic acid groups (broad SMARTS) is 1. The number of aliphatic carboxylic acids is 1. The number of carbonyl (C=O) groups is 1. The van der Waals surface area contributed by atoms with Crippen LogP contribution in [0.15, 0.2) is 24.3 Å². The number of halogens is 4. The predicted molar refractivity (Wildman–Crippen MR) is 53.1 cm³/mol. The molecule has 0 radical (unpaired) electrons. The van der Waals surface area contributed by atoms with Gasteiger partial charge < -0.3 is 5.11 Å². The second kappa shape index (κ2) is 4.57. The van der Waals surface area contributed by atoms with Gasteiger partial charge in [0.1, 0.15) is 0 Å². The Balaban J connectivity index is 3.13. The first kappa shape index (κ1) is 12.6. The van der Waals surface area contributed by atoms with E-state index in [1.165, 1.54) is 6.07 Å². The molecule has 0 fully saturated rings. The summed E-state index contributed by atoms with van der Waals surface area (Å²) in [5.74, 6) is -1.24. The van der Waals surface area contributed by atoms with Crippen molar-refractivity contribution in [3.8, 4) is 0 Å². The minimum absolute atomic E-state index is 0.0854. The summed E-state index contributed by atoms with van der Waals surface area (Å²) in [6.45, 7) is 0. The van der Waals surface area contributed by atoms with E-state index in [-0.39, 0.29) is 10.6 Å². The van der Waals surface area contributed by atoms with Gasteiger partial charge in [-0.2, -0.15) is 13.2 Å². The lowest BCUT2D eigenvalue weighted by Crippen LogP contribution is -2.04. The molecular formula is C10H6ClF3O2. The Kier molecular flexibility index (Phi) is 3.59. The summed E-state index contributed by atoms with van der Waals surface area (Å²) in [6.07, 6.45) is -2.72. The van der Waals surface area contributed by atoms with E-state index in [2.05, 4.69) is 0 Å². The third kappa shape index (κ3) is 3.58. The molecule has 1 aromatic rings. The third-order valence-corrected chi connectivity index (χ3v) is 1.88. The summed E-state index contributed by atoms with van der Waals surface area (Å²) in [5.41, 5.74) is -0.827. The van der Waals surface area contributed by atoms with Gasteiger partial charge in [-0.1, -0.05) is 11.6 Å². The van der Waals surface area contributed by atoms with Crippen LogP contribution in [0.2, 0.25) is 5.02 Å². The third-order valence-electron chi connectivity index (χ3n) is 1.67. The lowest BCUT2D eigenvalue weighted by atomic mass is 10.1. The second-order valence-electron chi connectivity index (χ2n) is 2.94. The number of alkyl halides is 3. The fourth-order valence-corrected chi connectivity index (χ4v) is 1.28. The van der Waals surface area contributed by atoms with E-state index in [4.69, 9.17) is 16.7 Å². The maximum atomic E-state index is 12.3. The van der Waals surface area contributed by atoms with E-state index >= 15 is 0 Å². The number of hydrogen-bond acceptors (Lipinski definition) is 1. The van der Waals surface area contributed by atoms with Crippen molar-refractivity contribution in [1.82, 2.24) is 0 Å². The van der Waals surface area contributed by atoms with Crippen molar-refractivity contribution in [3.05, 3.63) is 40.4 Å². The van der Waals surface area contributed by atoms with Crippen LogP contribution in [0.1, 0.15) is 11.1 Å². The van der Waals surface area contributed by atoms with Gasteiger partial charge in [-0.05, 0) is 29.8 Å². The number of rotatable bonds is 2.